The number of fused-ring (bicyclic) bond motifs is 5. The molecule has 3 fully saturated rings. The van der Waals surface area contributed by atoms with E-state index in [-0.39, 0.29) is 47.1 Å². The topological polar surface area (TPSA) is 281 Å². The van der Waals surface area contributed by atoms with Gasteiger partial charge in [-0.05, 0) is 0 Å². The van der Waals surface area contributed by atoms with Crippen LogP contribution in [-0.4, -0.2) is 107 Å². The molecule has 0 amide bonds. The van der Waals surface area contributed by atoms with Gasteiger partial charge in [-0.3, -0.25) is 0 Å². The van der Waals surface area contributed by atoms with Crippen molar-refractivity contribution in [3.63, 3.8) is 0 Å². The second kappa shape index (κ2) is 11.2. The van der Waals surface area contributed by atoms with Crippen molar-refractivity contribution in [2.45, 2.75) is 49.4 Å². The van der Waals surface area contributed by atoms with Crippen molar-refractivity contribution in [3.8, 4) is 0 Å². The maximum atomic E-state index is 13.2. The fourth-order valence-corrected chi connectivity index (χ4v) is 8.08. The zero-order chi connectivity index (χ0) is 31.7. The second-order valence-electron chi connectivity index (χ2n) is 10.7. The van der Waals surface area contributed by atoms with Crippen LogP contribution in [0.25, 0.3) is 22.3 Å². The summed E-state index contributed by atoms with van der Waals surface area (Å²) in [4.78, 5) is 46.1. The molecule has 3 aliphatic rings. The molecule has 0 aromatic carbocycles. The summed E-state index contributed by atoms with van der Waals surface area (Å²) in [6, 6.07) is 0. The Morgan fingerprint density at radius 1 is 1.07 bits per heavy atom. The Bertz CT molecular complexity index is 1860. The van der Waals surface area contributed by atoms with Crippen LogP contribution < -0.4 is 17.0 Å². The van der Waals surface area contributed by atoms with Gasteiger partial charge in [0, 0.05) is 0 Å². The van der Waals surface area contributed by atoms with E-state index < -0.39 is 70.9 Å². The average molecular weight is 672 g/mol. The molecule has 4 aromatic heterocycles. The summed E-state index contributed by atoms with van der Waals surface area (Å²) in [5.74, 6) is -0.0127. The van der Waals surface area contributed by atoms with Gasteiger partial charge in [0.15, 0.2) is 0 Å². The second-order valence-corrected chi connectivity index (χ2v) is 14.7. The number of aromatic amines is 1. The molecular weight excluding hydrogens is 642 g/mol. The molecule has 0 saturated carbocycles. The van der Waals surface area contributed by atoms with Crippen molar-refractivity contribution < 1.29 is 46.7 Å². The molecule has 7 N–H and O–H groups in total. The summed E-state index contributed by atoms with van der Waals surface area (Å²) >= 11 is 0. The number of nitrogens with one attached hydrogen (secondary N) is 1. The van der Waals surface area contributed by atoms with E-state index in [4.69, 9.17) is 43.6 Å². The number of aliphatic hydroxyl groups excluding tert-OH is 1. The first-order chi connectivity index (χ1) is 21.4. The molecule has 244 valence electrons. The van der Waals surface area contributed by atoms with Crippen molar-refractivity contribution in [1.29, 1.82) is 0 Å². The van der Waals surface area contributed by atoms with E-state index in [2.05, 4.69) is 29.9 Å². The number of nitrogens with two attached hydrogens (primary N) is 2. The third kappa shape index (κ3) is 5.49. The van der Waals surface area contributed by atoms with Gasteiger partial charge in [-0.2, -0.15) is 0 Å². The molecule has 2 bridgehead atoms. The zero-order valence-electron chi connectivity index (χ0n) is 23.7. The van der Waals surface area contributed by atoms with E-state index in [1.807, 2.05) is 0 Å². The molecule has 0 radical (unpaired) electrons. The van der Waals surface area contributed by atoms with Gasteiger partial charge < -0.3 is 0 Å². The van der Waals surface area contributed by atoms with E-state index >= 15 is 0 Å². The Morgan fingerprint density at radius 2 is 1.82 bits per heavy atom. The quantitative estimate of drug-likeness (QED) is 0.169. The number of rotatable bonds is 3. The fraction of sp³-hybridized carbons (Fsp3) is 0.545. The summed E-state index contributed by atoms with van der Waals surface area (Å²) < 4.78 is 57.4. The van der Waals surface area contributed by atoms with Crippen molar-refractivity contribution in [2.24, 2.45) is 0 Å². The van der Waals surface area contributed by atoms with Crippen LogP contribution in [0.3, 0.4) is 0 Å². The summed E-state index contributed by atoms with van der Waals surface area (Å²) in [6.45, 7) is 0.945. The van der Waals surface area contributed by atoms with Gasteiger partial charge in [0.25, 0.3) is 0 Å². The number of anilines is 2. The average Bonchev–Trinajstić information content (AvgIpc) is 3.76. The number of hydrogen-bond acceptors (Lipinski definition) is 17. The van der Waals surface area contributed by atoms with Gasteiger partial charge >= 0.3 is 253 Å². The molecule has 0 spiro atoms. The summed E-state index contributed by atoms with van der Waals surface area (Å²) in [5.41, 5.74) is 11.8. The Morgan fingerprint density at radius 3 is 2.60 bits per heavy atom. The van der Waals surface area contributed by atoms with Gasteiger partial charge in [0.2, 0.25) is 0 Å². The molecule has 0 aliphatic carbocycles. The molecule has 3 saturated heterocycles. The van der Waals surface area contributed by atoms with Crippen molar-refractivity contribution in [3.05, 3.63) is 29.3 Å². The van der Waals surface area contributed by atoms with Crippen LogP contribution in [0.2, 0.25) is 0 Å². The Balaban J connectivity index is 1.20. The number of aliphatic hydroxyl groups is 1. The molecule has 7 heterocycles. The number of nitrogens with zero attached hydrogens (tertiary/aromatic N) is 7. The third-order valence-corrected chi connectivity index (χ3v) is 10.9. The predicted molar refractivity (Wildman–Crippen MR) is 153 cm³/mol. The Hall–Kier alpha value is -3.20. The van der Waals surface area contributed by atoms with E-state index in [1.54, 1.807) is 6.66 Å². The number of hydrogen-bond donors (Lipinski definition) is 5. The van der Waals surface area contributed by atoms with Crippen LogP contribution in [-0.2, 0) is 36.7 Å². The van der Waals surface area contributed by atoms with Crippen LogP contribution in [0.5, 0.6) is 0 Å². The van der Waals surface area contributed by atoms with Gasteiger partial charge in [0.1, 0.15) is 0 Å². The normalized spacial score (nSPS) is 34.6. The molecule has 8 unspecified atom stereocenters. The Kier molecular flexibility index (Phi) is 7.61. The molecule has 45 heavy (non-hydrogen) atoms. The zero-order valence-corrected chi connectivity index (χ0v) is 25.6. The van der Waals surface area contributed by atoms with Gasteiger partial charge in [-0.15, -0.1) is 0 Å². The number of H-pyrrole nitrogens is 1. The van der Waals surface area contributed by atoms with E-state index in [9.17, 15) is 19.4 Å². The number of ether oxygens (including phenoxy) is 2. The SMILES string of the molecule is CO[PH]1(C)OCC2OC(n3cnc4c(N)ncnc43)C(O)C2OP(=O)(O)OCC2CC(O1)C(n1cnc3c(=O)[nH]c(N)nc31)O2. The molecule has 21 nitrogen and oxygen atoms in total. The Labute approximate surface area is 252 Å². The van der Waals surface area contributed by atoms with E-state index in [1.165, 1.54) is 35.2 Å². The van der Waals surface area contributed by atoms with Gasteiger partial charge in [0.05, 0.1) is 0 Å². The van der Waals surface area contributed by atoms with Crippen molar-refractivity contribution in [2.75, 3.05) is 38.5 Å². The predicted octanol–water partition coefficient (Wildman–Crippen LogP) is -0.642. The van der Waals surface area contributed by atoms with Gasteiger partial charge in [-0.25, -0.2) is 0 Å². The molecule has 4 aromatic rings. The first kappa shape index (κ1) is 30.5. The molecule has 8 atom stereocenters. The van der Waals surface area contributed by atoms with E-state index in [0.717, 1.165) is 0 Å². The monoisotopic (exact) mass is 672 g/mol. The number of phosphoric ester groups is 1. The van der Waals surface area contributed by atoms with E-state index in [0.29, 0.717) is 0 Å². The minimum atomic E-state index is -4.82. The number of aromatic nitrogens is 8. The molecule has 3 aliphatic heterocycles. The first-order valence-electron chi connectivity index (χ1n) is 13.6. The van der Waals surface area contributed by atoms with Crippen LogP contribution >= 0.6 is 15.8 Å². The standard InChI is InChI=1S/C22H30N10O11P2/c1-37-44(2)38-5-11-15(14(33)21(41-11)31-7-27-12-16(23)25-6-26-17(12)31)43-45(35,36)39-4-9-3-10(42-44)20(40-9)32-8-28-13-18(32)29-22(24)30-19(13)34/h6-11,14-15,20-21,33,44H,3-5H2,1-2H3,(H,35,36)(H2,23,25,26)(H3,24,29,30,34). The fourth-order valence-electron chi connectivity index (χ4n) is 5.58. The number of imidazole rings is 2. The van der Waals surface area contributed by atoms with Gasteiger partial charge in [-0.1, -0.05) is 0 Å². The van der Waals surface area contributed by atoms with Crippen LogP contribution in [0.4, 0.5) is 11.8 Å². The minimum absolute atomic E-state index is 0.0225. The molecular formula is C22H30N10O11P2. The third-order valence-electron chi connectivity index (χ3n) is 7.77. The van der Waals surface area contributed by atoms with Crippen molar-refractivity contribution in [1.82, 2.24) is 39.0 Å². The number of phosphoric acid groups is 1. The van der Waals surface area contributed by atoms with Crippen molar-refractivity contribution >= 4 is 49.9 Å². The summed E-state index contributed by atoms with van der Waals surface area (Å²) in [5, 5.41) is 11.3. The van der Waals surface area contributed by atoms with Crippen LogP contribution in [0.1, 0.15) is 18.9 Å². The summed E-state index contributed by atoms with van der Waals surface area (Å²) in [7, 11) is -6.94. The van der Waals surface area contributed by atoms with Crippen LogP contribution in [0, 0.1) is 0 Å². The number of nitrogen functional groups attached to an aromatic ring is 2. The molecule has 7 rings (SSSR count). The summed E-state index contributed by atoms with van der Waals surface area (Å²) in [6.07, 6.45) is -3.63. The molecule has 23 heteroatoms. The van der Waals surface area contributed by atoms with Crippen LogP contribution in [0.15, 0.2) is 23.8 Å². The first-order valence-corrected chi connectivity index (χ1v) is 17.3. The maximum absolute atomic E-state index is 13.2.